The Morgan fingerprint density at radius 3 is 2.40 bits per heavy atom. The zero-order valence-corrected chi connectivity index (χ0v) is 9.09. The number of hydrogen-bond donors (Lipinski definition) is 1. The van der Waals surface area contributed by atoms with E-state index in [1.54, 1.807) is 4.90 Å². The van der Waals surface area contributed by atoms with Crippen LogP contribution in [0.4, 0.5) is 13.2 Å². The Bertz CT molecular complexity index is 205. The van der Waals surface area contributed by atoms with Gasteiger partial charge in [0.2, 0.25) is 0 Å². The van der Waals surface area contributed by atoms with Crippen molar-refractivity contribution < 1.29 is 18.3 Å². The van der Waals surface area contributed by atoms with E-state index in [1.165, 1.54) is 0 Å². The average molecular weight is 225 g/mol. The van der Waals surface area contributed by atoms with Gasteiger partial charge in [-0.3, -0.25) is 0 Å². The molecule has 2 nitrogen and oxygen atoms in total. The van der Waals surface area contributed by atoms with Crippen molar-refractivity contribution in [1.82, 2.24) is 4.90 Å². The molecule has 0 bridgehead atoms. The molecule has 0 aromatic heterocycles. The van der Waals surface area contributed by atoms with E-state index in [0.717, 1.165) is 6.42 Å². The second-order valence-electron chi connectivity index (χ2n) is 4.61. The zero-order chi connectivity index (χ0) is 11.6. The molecule has 0 radical (unpaired) electrons. The summed E-state index contributed by atoms with van der Waals surface area (Å²) in [5.41, 5.74) is 0. The van der Waals surface area contributed by atoms with Gasteiger partial charge in [-0.25, -0.2) is 0 Å². The van der Waals surface area contributed by atoms with Crippen molar-refractivity contribution >= 4 is 0 Å². The van der Waals surface area contributed by atoms with Crippen LogP contribution in [0, 0.1) is 11.8 Å². The van der Waals surface area contributed by atoms with Crippen molar-refractivity contribution in [3.63, 3.8) is 0 Å². The van der Waals surface area contributed by atoms with Gasteiger partial charge in [0.05, 0.1) is 0 Å². The van der Waals surface area contributed by atoms with Crippen LogP contribution in [0.3, 0.4) is 0 Å². The molecule has 1 fully saturated rings. The molecule has 0 amide bonds. The van der Waals surface area contributed by atoms with Crippen LogP contribution in [-0.4, -0.2) is 41.9 Å². The Labute approximate surface area is 88.1 Å². The van der Waals surface area contributed by atoms with Crippen molar-refractivity contribution in [1.29, 1.82) is 0 Å². The summed E-state index contributed by atoms with van der Waals surface area (Å²) in [5.74, 6) is 0.962. The number of aliphatic hydroxyl groups is 1. The quantitative estimate of drug-likeness (QED) is 0.792. The van der Waals surface area contributed by atoms with E-state index in [-0.39, 0.29) is 6.54 Å². The van der Waals surface area contributed by atoms with Gasteiger partial charge in [-0.2, -0.15) is 13.2 Å². The molecule has 0 aromatic rings. The van der Waals surface area contributed by atoms with Gasteiger partial charge in [-0.1, -0.05) is 13.8 Å². The van der Waals surface area contributed by atoms with Gasteiger partial charge < -0.3 is 10.0 Å². The molecule has 15 heavy (non-hydrogen) atoms. The minimum atomic E-state index is -4.49. The molecule has 1 rings (SSSR count). The molecule has 1 aliphatic heterocycles. The Kier molecular flexibility index (Phi) is 4.00. The molecule has 0 saturated carbocycles. The van der Waals surface area contributed by atoms with Gasteiger partial charge in [0.15, 0.2) is 6.10 Å². The van der Waals surface area contributed by atoms with Crippen LogP contribution in [-0.2, 0) is 0 Å². The van der Waals surface area contributed by atoms with Crippen molar-refractivity contribution in [3.05, 3.63) is 0 Å². The van der Waals surface area contributed by atoms with Crippen LogP contribution in [0.25, 0.3) is 0 Å². The Balaban J connectivity index is 2.36. The van der Waals surface area contributed by atoms with Crippen LogP contribution >= 0.6 is 0 Å². The summed E-state index contributed by atoms with van der Waals surface area (Å²) in [4.78, 5) is 1.70. The Morgan fingerprint density at radius 1 is 1.40 bits per heavy atom. The lowest BCUT2D eigenvalue weighted by molar-refractivity contribution is -0.207. The summed E-state index contributed by atoms with van der Waals surface area (Å²) in [6, 6.07) is 0. The van der Waals surface area contributed by atoms with E-state index in [1.807, 2.05) is 0 Å². The third-order valence-electron chi connectivity index (χ3n) is 3.06. The van der Waals surface area contributed by atoms with Crippen LogP contribution in [0.15, 0.2) is 0 Å². The predicted octanol–water partition coefficient (Wildman–Crippen LogP) is 1.89. The summed E-state index contributed by atoms with van der Waals surface area (Å²) < 4.78 is 36.2. The highest BCUT2D eigenvalue weighted by Crippen LogP contribution is 2.26. The van der Waals surface area contributed by atoms with E-state index in [0.29, 0.717) is 24.9 Å². The van der Waals surface area contributed by atoms with Gasteiger partial charge in [-0.15, -0.1) is 0 Å². The van der Waals surface area contributed by atoms with E-state index in [4.69, 9.17) is 5.11 Å². The molecule has 1 aliphatic rings. The Hall–Kier alpha value is -0.290. The summed E-state index contributed by atoms with van der Waals surface area (Å²) in [6.45, 7) is 5.20. The van der Waals surface area contributed by atoms with E-state index >= 15 is 0 Å². The number of hydrogen-bond acceptors (Lipinski definition) is 2. The maximum atomic E-state index is 12.1. The maximum Gasteiger partial charge on any atom is 0.415 e. The molecule has 1 heterocycles. The molecular weight excluding hydrogens is 207 g/mol. The molecular formula is C10H18F3NO. The van der Waals surface area contributed by atoms with E-state index in [9.17, 15) is 13.2 Å². The van der Waals surface area contributed by atoms with Gasteiger partial charge >= 0.3 is 6.18 Å². The Morgan fingerprint density at radius 2 is 2.00 bits per heavy atom. The second-order valence-corrected chi connectivity index (χ2v) is 4.61. The second kappa shape index (κ2) is 4.70. The monoisotopic (exact) mass is 225 g/mol. The van der Waals surface area contributed by atoms with E-state index < -0.39 is 12.3 Å². The molecule has 5 heteroatoms. The first kappa shape index (κ1) is 12.8. The highest BCUT2D eigenvalue weighted by molar-refractivity contribution is 4.80. The number of rotatable bonds is 3. The fraction of sp³-hybridized carbons (Fsp3) is 1.00. The summed E-state index contributed by atoms with van der Waals surface area (Å²) >= 11 is 0. The van der Waals surface area contributed by atoms with Crippen molar-refractivity contribution in [3.8, 4) is 0 Å². The first-order chi connectivity index (χ1) is 6.80. The van der Waals surface area contributed by atoms with Crippen molar-refractivity contribution in [2.75, 3.05) is 19.6 Å². The van der Waals surface area contributed by atoms with Crippen LogP contribution in [0.2, 0.25) is 0 Å². The molecule has 0 aliphatic carbocycles. The third-order valence-corrected chi connectivity index (χ3v) is 3.06. The SMILES string of the molecule is CC(C)C1CCN(CC(O)C(F)(F)F)C1. The highest BCUT2D eigenvalue weighted by atomic mass is 19.4. The number of aliphatic hydroxyl groups excluding tert-OH is 1. The zero-order valence-electron chi connectivity index (χ0n) is 9.09. The summed E-state index contributed by atoms with van der Waals surface area (Å²) in [5, 5.41) is 8.90. The number of β-amino-alcohol motifs (C(OH)–C–C–N with tert-alkyl or cyclic N) is 1. The van der Waals surface area contributed by atoms with Gasteiger partial charge in [0, 0.05) is 13.1 Å². The van der Waals surface area contributed by atoms with Crippen molar-refractivity contribution in [2.24, 2.45) is 11.8 Å². The molecule has 0 aromatic carbocycles. The lowest BCUT2D eigenvalue weighted by Gasteiger charge is -2.22. The number of alkyl halides is 3. The number of nitrogens with zero attached hydrogens (tertiary/aromatic N) is 1. The first-order valence-electron chi connectivity index (χ1n) is 5.28. The lowest BCUT2D eigenvalue weighted by Crippen LogP contribution is -2.40. The fourth-order valence-electron chi connectivity index (χ4n) is 1.92. The molecule has 90 valence electrons. The lowest BCUT2D eigenvalue weighted by atomic mass is 9.95. The van der Waals surface area contributed by atoms with Crippen LogP contribution in [0.5, 0.6) is 0 Å². The van der Waals surface area contributed by atoms with Crippen molar-refractivity contribution in [2.45, 2.75) is 32.5 Å². The fourth-order valence-corrected chi connectivity index (χ4v) is 1.92. The van der Waals surface area contributed by atoms with Crippen LogP contribution < -0.4 is 0 Å². The molecule has 1 N–H and O–H groups in total. The molecule has 1 saturated heterocycles. The number of likely N-dealkylation sites (tertiary alicyclic amines) is 1. The average Bonchev–Trinajstić information content (AvgIpc) is 2.50. The maximum absolute atomic E-state index is 12.1. The van der Waals surface area contributed by atoms with Gasteiger partial charge in [0.1, 0.15) is 0 Å². The third kappa shape index (κ3) is 3.65. The van der Waals surface area contributed by atoms with Crippen LogP contribution in [0.1, 0.15) is 20.3 Å². The highest BCUT2D eigenvalue weighted by Gasteiger charge is 2.40. The minimum absolute atomic E-state index is 0.285. The minimum Gasteiger partial charge on any atom is -0.382 e. The van der Waals surface area contributed by atoms with Gasteiger partial charge in [0.25, 0.3) is 0 Å². The molecule has 2 atom stereocenters. The standard InChI is InChI=1S/C10H18F3NO/c1-7(2)8-3-4-14(5-8)6-9(15)10(11,12)13/h7-9,15H,3-6H2,1-2H3. The largest absolute Gasteiger partial charge is 0.415 e. The topological polar surface area (TPSA) is 23.5 Å². The first-order valence-corrected chi connectivity index (χ1v) is 5.28. The number of halogens is 3. The predicted molar refractivity (Wildman–Crippen MR) is 51.4 cm³/mol. The van der Waals surface area contributed by atoms with E-state index in [2.05, 4.69) is 13.8 Å². The summed E-state index contributed by atoms with van der Waals surface area (Å²) in [7, 11) is 0. The molecule has 2 unspecified atom stereocenters. The summed E-state index contributed by atoms with van der Waals surface area (Å²) in [6.07, 6.45) is -5.76. The molecule has 0 spiro atoms. The van der Waals surface area contributed by atoms with Gasteiger partial charge in [-0.05, 0) is 24.8 Å². The normalized spacial score (nSPS) is 26.2. The smallest absolute Gasteiger partial charge is 0.382 e.